The second-order valence-corrected chi connectivity index (χ2v) is 14.5. The van der Waals surface area contributed by atoms with Crippen LogP contribution >= 0.6 is 0 Å². The average Bonchev–Trinajstić information content (AvgIpc) is 3.22. The van der Waals surface area contributed by atoms with E-state index in [9.17, 15) is 0 Å². The van der Waals surface area contributed by atoms with Crippen LogP contribution in [0.3, 0.4) is 0 Å². The maximum Gasteiger partial charge on any atom is 0.0554 e. The molecule has 8 rings (SSSR count). The van der Waals surface area contributed by atoms with Crippen LogP contribution in [-0.2, 0) is 6.42 Å². The highest BCUT2D eigenvalue weighted by molar-refractivity contribution is 5.87. The molecule has 1 aliphatic heterocycles. The summed E-state index contributed by atoms with van der Waals surface area (Å²) in [5.41, 5.74) is 17.5. The second kappa shape index (κ2) is 15.8. The number of aryl methyl sites for hydroxylation is 2. The first-order valence-corrected chi connectivity index (χ1v) is 19.3. The highest BCUT2D eigenvalue weighted by Gasteiger charge is 2.22. The molecule has 6 aromatic carbocycles. The molecule has 6 aromatic rings. The van der Waals surface area contributed by atoms with Crippen molar-refractivity contribution in [2.75, 3.05) is 4.90 Å². The summed E-state index contributed by atoms with van der Waals surface area (Å²) in [7, 11) is 0. The van der Waals surface area contributed by atoms with Crippen molar-refractivity contribution in [1.29, 1.82) is 0 Å². The fourth-order valence-electron chi connectivity index (χ4n) is 8.14. The lowest BCUT2D eigenvalue weighted by atomic mass is 9.82. The molecule has 0 aromatic heterocycles. The minimum absolute atomic E-state index is 0.142. The average molecular weight is 698 g/mol. The summed E-state index contributed by atoms with van der Waals surface area (Å²) in [6, 6.07) is 52.1. The Morgan fingerprint density at radius 2 is 1.28 bits per heavy atom. The number of hydrogen-bond donors (Lipinski definition) is 0. The molecule has 0 saturated carbocycles. The van der Waals surface area contributed by atoms with Crippen LogP contribution in [0.25, 0.3) is 39.0 Å². The molecule has 54 heavy (non-hydrogen) atoms. The maximum atomic E-state index is 4.46. The zero-order chi connectivity index (χ0) is 36.9. The van der Waals surface area contributed by atoms with E-state index in [2.05, 4.69) is 214 Å². The fraction of sp³-hybridized carbons (Fsp3) is 0.132. The number of hydrogen-bond acceptors (Lipinski definition) is 1. The lowest BCUT2D eigenvalue weighted by molar-refractivity contribution is 0.778. The van der Waals surface area contributed by atoms with Crippen molar-refractivity contribution in [2.24, 2.45) is 0 Å². The molecule has 1 heterocycles. The molecule has 264 valence electrons. The summed E-state index contributed by atoms with van der Waals surface area (Å²) in [5, 5.41) is 0. The fourth-order valence-corrected chi connectivity index (χ4v) is 8.14. The van der Waals surface area contributed by atoms with E-state index in [0.29, 0.717) is 0 Å². The van der Waals surface area contributed by atoms with E-state index < -0.39 is 0 Å². The molecule has 1 heteroatoms. The van der Waals surface area contributed by atoms with Crippen LogP contribution in [0.5, 0.6) is 0 Å². The van der Waals surface area contributed by atoms with Crippen molar-refractivity contribution in [3.8, 4) is 33.4 Å². The first kappa shape index (κ1) is 34.9. The molecule has 0 radical (unpaired) electrons. The molecule has 0 bridgehead atoms. The van der Waals surface area contributed by atoms with Crippen LogP contribution in [0.1, 0.15) is 59.1 Å². The first-order valence-electron chi connectivity index (χ1n) is 19.3. The molecule has 0 N–H and O–H groups in total. The molecule has 2 aliphatic rings. The van der Waals surface area contributed by atoms with Gasteiger partial charge in [0.15, 0.2) is 0 Å². The Balaban J connectivity index is 1.13. The van der Waals surface area contributed by atoms with E-state index >= 15 is 0 Å². The van der Waals surface area contributed by atoms with E-state index in [1.807, 2.05) is 0 Å². The lowest BCUT2D eigenvalue weighted by Crippen LogP contribution is -2.30. The molecule has 1 aliphatic carbocycles. The van der Waals surface area contributed by atoms with Gasteiger partial charge in [-0.2, -0.15) is 0 Å². The monoisotopic (exact) mass is 697 g/mol. The summed E-state index contributed by atoms with van der Waals surface area (Å²) in [6.45, 7) is 9.01. The number of allylic oxidation sites excluding steroid dienone is 6. The molecule has 0 saturated heterocycles. The van der Waals surface area contributed by atoms with Gasteiger partial charge >= 0.3 is 0 Å². The summed E-state index contributed by atoms with van der Waals surface area (Å²) in [4.78, 5) is 2.38. The van der Waals surface area contributed by atoms with Crippen LogP contribution in [0.4, 0.5) is 5.69 Å². The maximum absolute atomic E-state index is 4.46. The van der Waals surface area contributed by atoms with Gasteiger partial charge in [-0.3, -0.25) is 0 Å². The predicted octanol–water partition coefficient (Wildman–Crippen LogP) is 13.9. The summed E-state index contributed by atoms with van der Waals surface area (Å²) in [6.07, 6.45) is 20.4. The first-order chi connectivity index (χ1) is 26.6. The SMILES string of the molecule is C=C1/C=C\C=C/N(C2C=CC=CC2)c2ccc(-c3ccc(-c4ccc(C(c5ccccc5)c5ccc(-c6ccccc6)cc5)cc4CCC)c(C)c3)cc21. The van der Waals surface area contributed by atoms with Crippen molar-refractivity contribution in [3.05, 3.63) is 228 Å². The Bertz CT molecular complexity index is 2390. The molecule has 0 amide bonds. The highest BCUT2D eigenvalue weighted by atomic mass is 15.1. The Hall–Kier alpha value is -6.18. The molecular formula is C53H47N. The number of anilines is 1. The van der Waals surface area contributed by atoms with Gasteiger partial charge in [0.25, 0.3) is 0 Å². The van der Waals surface area contributed by atoms with Gasteiger partial charge in [0.05, 0.1) is 6.04 Å². The summed E-state index contributed by atoms with van der Waals surface area (Å²) < 4.78 is 0. The Morgan fingerprint density at radius 3 is 2.02 bits per heavy atom. The smallest absolute Gasteiger partial charge is 0.0554 e. The molecule has 2 unspecified atom stereocenters. The summed E-state index contributed by atoms with van der Waals surface area (Å²) in [5.74, 6) is 0.142. The van der Waals surface area contributed by atoms with Gasteiger partial charge in [-0.1, -0.05) is 184 Å². The van der Waals surface area contributed by atoms with E-state index in [0.717, 1.165) is 24.8 Å². The van der Waals surface area contributed by atoms with Gasteiger partial charge in [-0.25, -0.2) is 0 Å². The number of nitrogens with zero attached hydrogens (tertiary/aromatic N) is 1. The van der Waals surface area contributed by atoms with Crippen molar-refractivity contribution in [1.82, 2.24) is 0 Å². The molecule has 1 nitrogen and oxygen atoms in total. The van der Waals surface area contributed by atoms with Crippen LogP contribution in [0, 0.1) is 6.92 Å². The number of benzene rings is 6. The quantitative estimate of drug-likeness (QED) is 0.136. The standard InChI is InChI=1S/C53H47N/c1-4-16-46-36-47(53(42-20-10-6-11-21-42)43-26-24-41(25-27-43)40-18-8-5-9-19-40)29-32-50(46)49-31-28-44(35-39(49)3)45-30-33-52-51(37-45)38(2)17-14-15-34-54(52)48-22-12-7-13-23-48/h5-15,17-22,24-37,48,53H,2,4,16,23H2,1,3H3/b17-14-,34-15-. The van der Waals surface area contributed by atoms with Crippen molar-refractivity contribution in [2.45, 2.75) is 45.1 Å². The minimum Gasteiger partial charge on any atom is -0.340 e. The topological polar surface area (TPSA) is 3.24 Å². The van der Waals surface area contributed by atoms with Crippen molar-refractivity contribution >= 4 is 11.3 Å². The van der Waals surface area contributed by atoms with Crippen LogP contribution in [0.2, 0.25) is 0 Å². The number of fused-ring (bicyclic) bond motifs is 1. The van der Waals surface area contributed by atoms with E-state index in [-0.39, 0.29) is 12.0 Å². The van der Waals surface area contributed by atoms with Gasteiger partial charge in [-0.15, -0.1) is 0 Å². The van der Waals surface area contributed by atoms with Gasteiger partial charge < -0.3 is 4.90 Å². The van der Waals surface area contributed by atoms with Crippen molar-refractivity contribution in [3.63, 3.8) is 0 Å². The molecule has 2 atom stereocenters. The Kier molecular flexibility index (Phi) is 10.2. The highest BCUT2D eigenvalue weighted by Crippen LogP contribution is 2.40. The Morgan fingerprint density at radius 1 is 0.611 bits per heavy atom. The van der Waals surface area contributed by atoms with Gasteiger partial charge in [-0.05, 0) is 105 Å². The zero-order valence-electron chi connectivity index (χ0n) is 31.3. The third kappa shape index (κ3) is 7.23. The van der Waals surface area contributed by atoms with Gasteiger partial charge in [0.2, 0.25) is 0 Å². The molecular weight excluding hydrogens is 651 g/mol. The van der Waals surface area contributed by atoms with Crippen LogP contribution in [-0.4, -0.2) is 6.04 Å². The van der Waals surface area contributed by atoms with Gasteiger partial charge in [0.1, 0.15) is 0 Å². The third-order valence-corrected chi connectivity index (χ3v) is 10.9. The zero-order valence-corrected chi connectivity index (χ0v) is 31.3. The van der Waals surface area contributed by atoms with Gasteiger partial charge in [0, 0.05) is 23.4 Å². The molecule has 0 fully saturated rings. The lowest BCUT2D eigenvalue weighted by Gasteiger charge is -2.32. The minimum atomic E-state index is 0.142. The van der Waals surface area contributed by atoms with E-state index in [1.165, 1.54) is 72.4 Å². The van der Waals surface area contributed by atoms with E-state index in [4.69, 9.17) is 0 Å². The van der Waals surface area contributed by atoms with Crippen molar-refractivity contribution < 1.29 is 0 Å². The largest absolute Gasteiger partial charge is 0.340 e. The van der Waals surface area contributed by atoms with E-state index in [1.54, 1.807) is 0 Å². The van der Waals surface area contributed by atoms with Crippen LogP contribution < -0.4 is 4.90 Å². The predicted molar refractivity (Wildman–Crippen MR) is 232 cm³/mol. The summed E-state index contributed by atoms with van der Waals surface area (Å²) >= 11 is 0. The Labute approximate surface area is 321 Å². The number of rotatable bonds is 9. The second-order valence-electron chi connectivity index (χ2n) is 14.5. The third-order valence-electron chi connectivity index (χ3n) is 10.9. The van der Waals surface area contributed by atoms with Crippen LogP contribution in [0.15, 0.2) is 195 Å². The molecule has 0 spiro atoms. The normalized spacial score (nSPS) is 16.7.